The summed E-state index contributed by atoms with van der Waals surface area (Å²) < 4.78 is 15.2. The molecule has 2 heterocycles. The lowest BCUT2D eigenvalue weighted by molar-refractivity contribution is 0.638. The maximum atomic E-state index is 13.7. The van der Waals surface area contributed by atoms with Gasteiger partial charge in [-0.05, 0) is 18.9 Å². The fraction of sp³-hybridized carbons (Fsp3) is 0.273. The molecule has 1 fully saturated rings. The Morgan fingerprint density at radius 2 is 2.31 bits per heavy atom. The van der Waals surface area contributed by atoms with Gasteiger partial charge in [0.25, 0.3) is 0 Å². The summed E-state index contributed by atoms with van der Waals surface area (Å²) in [5.74, 6) is -0.174. The van der Waals surface area contributed by atoms with Crippen molar-refractivity contribution in [2.75, 3.05) is 5.73 Å². The Bertz CT molecular complexity index is 583. The SMILES string of the molecule is C=CC1(c2cc(F)c3cnc(N)nn23)CC1. The van der Waals surface area contributed by atoms with Gasteiger partial charge in [-0.3, -0.25) is 0 Å². The van der Waals surface area contributed by atoms with Gasteiger partial charge >= 0.3 is 0 Å². The normalized spacial score (nSPS) is 17.6. The first-order valence-corrected chi connectivity index (χ1v) is 5.10. The molecule has 0 saturated heterocycles. The van der Waals surface area contributed by atoms with E-state index in [1.165, 1.54) is 16.8 Å². The third-order valence-corrected chi connectivity index (χ3v) is 3.18. The van der Waals surface area contributed by atoms with Crippen LogP contribution in [0.5, 0.6) is 0 Å². The Morgan fingerprint density at radius 3 is 2.94 bits per heavy atom. The van der Waals surface area contributed by atoms with Crippen LogP contribution in [0, 0.1) is 5.82 Å². The highest BCUT2D eigenvalue weighted by molar-refractivity contribution is 5.52. The molecule has 2 N–H and O–H groups in total. The molecule has 1 aliphatic rings. The van der Waals surface area contributed by atoms with Gasteiger partial charge in [0.1, 0.15) is 5.52 Å². The predicted molar refractivity (Wildman–Crippen MR) is 58.5 cm³/mol. The number of anilines is 1. The van der Waals surface area contributed by atoms with Crippen molar-refractivity contribution in [2.45, 2.75) is 18.3 Å². The summed E-state index contributed by atoms with van der Waals surface area (Å²) in [6.07, 6.45) is 5.21. The van der Waals surface area contributed by atoms with Crippen LogP contribution in [0.1, 0.15) is 18.5 Å². The maximum absolute atomic E-state index is 13.7. The molecule has 0 aromatic carbocycles. The Hall–Kier alpha value is -1.91. The van der Waals surface area contributed by atoms with E-state index in [9.17, 15) is 4.39 Å². The Kier molecular flexibility index (Phi) is 1.64. The minimum atomic E-state index is -0.317. The second-order valence-electron chi connectivity index (χ2n) is 4.15. The van der Waals surface area contributed by atoms with Crippen molar-refractivity contribution in [3.63, 3.8) is 0 Å². The van der Waals surface area contributed by atoms with Crippen LogP contribution in [0.15, 0.2) is 24.9 Å². The van der Waals surface area contributed by atoms with Gasteiger partial charge in [-0.1, -0.05) is 6.08 Å². The zero-order chi connectivity index (χ0) is 11.3. The summed E-state index contributed by atoms with van der Waals surface area (Å²) in [4.78, 5) is 3.79. The van der Waals surface area contributed by atoms with Crippen molar-refractivity contribution in [1.29, 1.82) is 0 Å². The molecule has 1 aliphatic carbocycles. The predicted octanol–water partition coefficient (Wildman–Crippen LogP) is 1.67. The van der Waals surface area contributed by atoms with Crippen LogP contribution in [-0.2, 0) is 5.41 Å². The largest absolute Gasteiger partial charge is 0.367 e. The number of hydrogen-bond acceptors (Lipinski definition) is 3. The van der Waals surface area contributed by atoms with Crippen LogP contribution in [0.25, 0.3) is 5.52 Å². The van der Waals surface area contributed by atoms with Gasteiger partial charge < -0.3 is 5.73 Å². The van der Waals surface area contributed by atoms with Crippen LogP contribution >= 0.6 is 0 Å². The van der Waals surface area contributed by atoms with E-state index in [0.29, 0.717) is 5.52 Å². The van der Waals surface area contributed by atoms with E-state index < -0.39 is 0 Å². The van der Waals surface area contributed by atoms with Crippen molar-refractivity contribution in [1.82, 2.24) is 14.6 Å². The number of nitrogen functional groups attached to an aromatic ring is 1. The minimum absolute atomic E-state index is 0.131. The smallest absolute Gasteiger partial charge is 0.238 e. The number of nitrogens with two attached hydrogens (primary N) is 1. The van der Waals surface area contributed by atoms with Crippen molar-refractivity contribution in [3.05, 3.63) is 36.4 Å². The van der Waals surface area contributed by atoms with E-state index in [-0.39, 0.29) is 17.2 Å². The zero-order valence-electron chi connectivity index (χ0n) is 8.65. The Morgan fingerprint density at radius 1 is 1.56 bits per heavy atom. The summed E-state index contributed by atoms with van der Waals surface area (Å²) in [5.41, 5.74) is 6.55. The summed E-state index contributed by atoms with van der Waals surface area (Å²) in [6.45, 7) is 3.80. The van der Waals surface area contributed by atoms with E-state index >= 15 is 0 Å². The average Bonchev–Trinajstić information content (AvgIpc) is 3.00. The van der Waals surface area contributed by atoms with Crippen LogP contribution in [0.2, 0.25) is 0 Å². The monoisotopic (exact) mass is 218 g/mol. The molecule has 0 amide bonds. The fourth-order valence-corrected chi connectivity index (χ4v) is 2.02. The zero-order valence-corrected chi connectivity index (χ0v) is 8.65. The van der Waals surface area contributed by atoms with Gasteiger partial charge in [0, 0.05) is 5.41 Å². The van der Waals surface area contributed by atoms with Crippen LogP contribution in [-0.4, -0.2) is 14.6 Å². The van der Waals surface area contributed by atoms with Crippen molar-refractivity contribution in [2.24, 2.45) is 0 Å². The molecule has 2 aromatic rings. The fourth-order valence-electron chi connectivity index (χ4n) is 2.02. The molecule has 5 heteroatoms. The van der Waals surface area contributed by atoms with Gasteiger partial charge in [-0.2, -0.15) is 0 Å². The molecule has 0 bridgehead atoms. The van der Waals surface area contributed by atoms with Gasteiger partial charge in [-0.15, -0.1) is 11.7 Å². The molecular formula is C11H11FN4. The van der Waals surface area contributed by atoms with E-state index in [2.05, 4.69) is 16.7 Å². The number of aromatic nitrogens is 3. The van der Waals surface area contributed by atoms with Crippen molar-refractivity contribution < 1.29 is 4.39 Å². The van der Waals surface area contributed by atoms with Crippen LogP contribution in [0.4, 0.5) is 10.3 Å². The lowest BCUT2D eigenvalue weighted by Gasteiger charge is -2.08. The molecule has 3 rings (SSSR count). The molecule has 0 radical (unpaired) electrons. The lowest BCUT2D eigenvalue weighted by atomic mass is 10.0. The third kappa shape index (κ3) is 1.08. The van der Waals surface area contributed by atoms with E-state index in [0.717, 1.165) is 18.5 Å². The highest BCUT2D eigenvalue weighted by Crippen LogP contribution is 2.49. The molecule has 4 nitrogen and oxygen atoms in total. The standard InChI is InChI=1S/C11H11FN4/c1-2-11(3-4-11)9-5-7(12)8-6-14-10(13)15-16(8)9/h2,5-6H,1,3-4H2,(H2,13,15). The maximum Gasteiger partial charge on any atom is 0.238 e. The number of fused-ring (bicyclic) bond motifs is 1. The quantitative estimate of drug-likeness (QED) is 0.780. The molecule has 16 heavy (non-hydrogen) atoms. The lowest BCUT2D eigenvalue weighted by Crippen LogP contribution is -2.10. The van der Waals surface area contributed by atoms with Crippen molar-refractivity contribution >= 4 is 11.5 Å². The Labute approximate surface area is 91.6 Å². The van der Waals surface area contributed by atoms with E-state index in [4.69, 9.17) is 5.73 Å². The van der Waals surface area contributed by atoms with Gasteiger partial charge in [0.05, 0.1) is 11.9 Å². The average molecular weight is 218 g/mol. The topological polar surface area (TPSA) is 56.2 Å². The molecule has 2 aromatic heterocycles. The third-order valence-electron chi connectivity index (χ3n) is 3.18. The molecule has 0 unspecified atom stereocenters. The molecule has 0 atom stereocenters. The van der Waals surface area contributed by atoms with Crippen LogP contribution < -0.4 is 5.73 Å². The molecule has 0 aliphatic heterocycles. The molecule has 0 spiro atoms. The number of nitrogens with zero attached hydrogens (tertiary/aromatic N) is 3. The summed E-state index contributed by atoms with van der Waals surface area (Å²) in [5, 5.41) is 4.05. The molecule has 82 valence electrons. The number of hydrogen-bond donors (Lipinski definition) is 1. The highest BCUT2D eigenvalue weighted by atomic mass is 19.1. The van der Waals surface area contributed by atoms with Gasteiger partial charge in [0.2, 0.25) is 5.95 Å². The number of rotatable bonds is 2. The highest BCUT2D eigenvalue weighted by Gasteiger charge is 2.44. The van der Waals surface area contributed by atoms with Crippen molar-refractivity contribution in [3.8, 4) is 0 Å². The first-order valence-electron chi connectivity index (χ1n) is 5.10. The second-order valence-corrected chi connectivity index (χ2v) is 4.15. The molecular weight excluding hydrogens is 207 g/mol. The number of allylic oxidation sites excluding steroid dienone is 1. The Balaban J connectivity index is 2.33. The second kappa shape index (κ2) is 2.81. The van der Waals surface area contributed by atoms with Gasteiger partial charge in [0.15, 0.2) is 5.82 Å². The minimum Gasteiger partial charge on any atom is -0.367 e. The summed E-state index contributed by atoms with van der Waals surface area (Å²) >= 11 is 0. The first kappa shape index (κ1) is 9.33. The molecule has 1 saturated carbocycles. The summed E-state index contributed by atoms with van der Waals surface area (Å²) in [6, 6.07) is 1.50. The first-order chi connectivity index (χ1) is 7.66. The van der Waals surface area contributed by atoms with Gasteiger partial charge in [-0.25, -0.2) is 13.9 Å². The van der Waals surface area contributed by atoms with E-state index in [1.807, 2.05) is 6.08 Å². The van der Waals surface area contributed by atoms with Crippen LogP contribution in [0.3, 0.4) is 0 Å². The number of halogens is 1. The van der Waals surface area contributed by atoms with E-state index in [1.54, 1.807) is 0 Å². The summed E-state index contributed by atoms with van der Waals surface area (Å²) in [7, 11) is 0.